The molecule has 23 nitrogen and oxygen atoms in total. The zero-order valence-corrected chi connectivity index (χ0v) is 51.3. The smallest absolute Gasteiger partial charge is 0.387 e. The maximum atomic E-state index is 13.5. The Labute approximate surface area is 495 Å². The Kier molecular flexibility index (Phi) is 18.5. The number of amides is 4. The predicted molar refractivity (Wildman–Crippen MR) is 319 cm³/mol. The van der Waals surface area contributed by atoms with E-state index in [0.717, 1.165) is 32.2 Å². The largest absolute Gasteiger partial charge is 0.435 e. The molecule has 0 bridgehead atoms. The number of hydrogen-bond acceptors (Lipinski definition) is 15. The summed E-state index contributed by atoms with van der Waals surface area (Å²) in [6.07, 6.45) is 6.24. The minimum absolute atomic E-state index is 0.0334. The van der Waals surface area contributed by atoms with E-state index in [4.69, 9.17) is 19.6 Å². The molecule has 3 N–H and O–H groups in total. The van der Waals surface area contributed by atoms with Crippen LogP contribution in [0.2, 0.25) is 25.7 Å². The first-order chi connectivity index (χ1) is 40.6. The van der Waals surface area contributed by atoms with Gasteiger partial charge in [0.05, 0.1) is 34.6 Å². The number of piperazine rings is 2. The first-order valence-electron chi connectivity index (χ1n) is 28.3. The normalized spacial score (nSPS) is 14.8. The Balaban J connectivity index is 0.000000209. The van der Waals surface area contributed by atoms with Crippen molar-refractivity contribution in [2.45, 2.75) is 111 Å². The van der Waals surface area contributed by atoms with Crippen LogP contribution in [0.5, 0.6) is 11.5 Å². The molecule has 0 aliphatic carbocycles. The summed E-state index contributed by atoms with van der Waals surface area (Å²) in [4.78, 5) is 82.2. The fourth-order valence-corrected chi connectivity index (χ4v) is 10.6. The highest BCUT2D eigenvalue weighted by atomic mass is 28.3. The molecule has 2 aromatic carbocycles. The number of fused-ring (bicyclic) bond motifs is 4. The Morgan fingerprint density at radius 3 is 1.58 bits per heavy atom. The molecule has 6 aromatic heterocycles. The third-order valence-electron chi connectivity index (χ3n) is 14.3. The Morgan fingerprint density at radius 2 is 1.12 bits per heavy atom. The molecule has 4 amide bonds. The second-order valence-corrected chi connectivity index (χ2v) is 30.5. The summed E-state index contributed by atoms with van der Waals surface area (Å²) in [7, 11) is 2.72. The molecule has 2 saturated heterocycles. The Hall–Kier alpha value is -8.08. The SMILES string of the molecule is CN1CCN(C(=O)Cn2nc(-c3cnc4[nH]cc(C(=O)NC(C)(C)C)c4n3)c3cc(OC(F)F)ccc32)CC1.CN1CCN(C(=O)Cn2nc(-c3cnc4c(n3)c(C(=O)NC(C)(C)C)cn4COCC[Si](C)(C)C)c3cc(OC(F)F)ccc32)CC1. The van der Waals surface area contributed by atoms with Crippen molar-refractivity contribution < 1.29 is 51.0 Å². The predicted octanol–water partition coefficient (Wildman–Crippen LogP) is 7.54. The molecule has 0 saturated carbocycles. The summed E-state index contributed by atoms with van der Waals surface area (Å²) in [6, 6.07) is 9.90. The van der Waals surface area contributed by atoms with Gasteiger partial charge in [0, 0.05) is 101 Å². The highest BCUT2D eigenvalue weighted by Gasteiger charge is 2.28. The molecule has 10 rings (SSSR count). The maximum absolute atomic E-state index is 13.5. The van der Waals surface area contributed by atoms with Gasteiger partial charge in [0.2, 0.25) is 11.8 Å². The minimum Gasteiger partial charge on any atom is -0.435 e. The number of nitrogens with zero attached hydrogens (tertiary/aromatic N) is 13. The van der Waals surface area contributed by atoms with E-state index in [0.29, 0.717) is 111 Å². The third kappa shape index (κ3) is 15.3. The fourth-order valence-electron chi connectivity index (χ4n) is 9.82. The van der Waals surface area contributed by atoms with Gasteiger partial charge in [-0.3, -0.25) is 28.5 Å². The lowest BCUT2D eigenvalue weighted by atomic mass is 10.1. The van der Waals surface area contributed by atoms with E-state index in [1.807, 2.05) is 55.6 Å². The average molecular weight is 1210 g/mol. The molecule has 28 heteroatoms. The number of aromatic amines is 1. The van der Waals surface area contributed by atoms with Crippen LogP contribution in [0.3, 0.4) is 0 Å². The summed E-state index contributed by atoms with van der Waals surface area (Å²) in [5, 5.41) is 16.2. The van der Waals surface area contributed by atoms with Crippen molar-refractivity contribution in [3.63, 3.8) is 0 Å². The first-order valence-corrected chi connectivity index (χ1v) is 32.0. The van der Waals surface area contributed by atoms with Crippen LogP contribution in [0.1, 0.15) is 62.3 Å². The van der Waals surface area contributed by atoms with Gasteiger partial charge in [0.15, 0.2) is 11.3 Å². The molecular formula is C58H74F4N16O7Si. The van der Waals surface area contributed by atoms with Crippen LogP contribution in [-0.2, 0) is 34.1 Å². The summed E-state index contributed by atoms with van der Waals surface area (Å²) >= 11 is 0. The number of likely N-dealkylation sites (N-methyl/N-ethyl adjacent to an activating group) is 2. The van der Waals surface area contributed by atoms with Gasteiger partial charge >= 0.3 is 13.2 Å². The summed E-state index contributed by atoms with van der Waals surface area (Å²) in [5.41, 5.74) is 3.58. The molecule has 460 valence electrons. The molecule has 8 heterocycles. The van der Waals surface area contributed by atoms with E-state index in [-0.39, 0.29) is 54.9 Å². The lowest BCUT2D eigenvalue weighted by Crippen LogP contribution is -2.48. The van der Waals surface area contributed by atoms with Crippen LogP contribution in [0.25, 0.3) is 66.9 Å². The van der Waals surface area contributed by atoms with Crippen molar-refractivity contribution in [3.05, 3.63) is 72.3 Å². The van der Waals surface area contributed by atoms with Crippen LogP contribution >= 0.6 is 0 Å². The lowest BCUT2D eigenvalue weighted by molar-refractivity contribution is -0.134. The number of halogens is 4. The highest BCUT2D eigenvalue weighted by Crippen LogP contribution is 2.34. The van der Waals surface area contributed by atoms with E-state index < -0.39 is 32.4 Å². The number of carbonyl (C=O) groups is 4. The van der Waals surface area contributed by atoms with Gasteiger partial charge in [-0.25, -0.2) is 19.9 Å². The average Bonchev–Trinajstić information content (AvgIpc) is 2.17. The van der Waals surface area contributed by atoms with Crippen molar-refractivity contribution in [1.29, 1.82) is 0 Å². The number of H-pyrrole nitrogens is 1. The van der Waals surface area contributed by atoms with Crippen molar-refractivity contribution >= 4 is 75.8 Å². The number of nitrogens with one attached hydrogen (secondary N) is 3. The number of benzene rings is 2. The van der Waals surface area contributed by atoms with Crippen LogP contribution in [0.15, 0.2) is 61.2 Å². The van der Waals surface area contributed by atoms with E-state index in [9.17, 15) is 36.7 Å². The van der Waals surface area contributed by atoms with E-state index in [1.165, 1.54) is 47.5 Å². The van der Waals surface area contributed by atoms with E-state index >= 15 is 0 Å². The zero-order valence-electron chi connectivity index (χ0n) is 50.3. The van der Waals surface area contributed by atoms with Gasteiger partial charge in [0.1, 0.15) is 65.1 Å². The number of hydrogen-bond donors (Lipinski definition) is 3. The molecule has 2 aliphatic rings. The Morgan fingerprint density at radius 1 is 0.651 bits per heavy atom. The van der Waals surface area contributed by atoms with Crippen molar-refractivity contribution in [2.24, 2.45) is 0 Å². The number of rotatable bonds is 17. The monoisotopic (exact) mass is 1210 g/mol. The fraction of sp³-hybridized carbons (Fsp3) is 0.483. The third-order valence-corrected chi connectivity index (χ3v) is 16.0. The molecule has 2 fully saturated rings. The van der Waals surface area contributed by atoms with Crippen LogP contribution < -0.4 is 20.1 Å². The molecule has 0 atom stereocenters. The number of carbonyl (C=O) groups excluding carboxylic acids is 4. The highest BCUT2D eigenvalue weighted by molar-refractivity contribution is 6.76. The molecule has 0 unspecified atom stereocenters. The Bertz CT molecular complexity index is 3770. The summed E-state index contributed by atoms with van der Waals surface area (Å²) in [5.74, 6) is -0.947. The standard InChI is InChI=1S/C32H44F2N8O4Si.C26H30F2N8O3/c1-32(2,3)37-30(44)23-18-41(20-45-14-15-47(5,6)7)29-28(23)36-24(17-35-29)27-22-16-21(46-31(33)34)8-9-25(22)42(38-27)19-26(43)40-12-10-39(4)11-13-40;1-26(2,3)32-24(38)17-12-29-23-22(17)31-18(13-30-23)21-16-11-15(39-25(27)28)5-6-19(16)36(33-21)14-20(37)35-9-7-34(4)8-10-35/h8-9,16-18,31H,10-15,19-20H2,1-7H3,(H,37,44);5-6,11-13,25H,7-10,14H2,1-4H3,(H,29,30)(H,32,38). The topological polar surface area (TPSA) is 241 Å². The van der Waals surface area contributed by atoms with Gasteiger partial charge in [-0.2, -0.15) is 27.8 Å². The second-order valence-electron chi connectivity index (χ2n) is 24.8. The number of alkyl halides is 4. The van der Waals surface area contributed by atoms with Gasteiger partial charge in [-0.05, 0) is 98.1 Å². The molecule has 8 aromatic rings. The zero-order chi connectivity index (χ0) is 62.0. The maximum Gasteiger partial charge on any atom is 0.387 e. The van der Waals surface area contributed by atoms with Crippen LogP contribution in [-0.4, -0.2) is 198 Å². The summed E-state index contributed by atoms with van der Waals surface area (Å²) in [6.45, 7) is 18.4. The first kappa shape index (κ1) is 62.4. The van der Waals surface area contributed by atoms with E-state index in [1.54, 1.807) is 37.4 Å². The quantitative estimate of drug-likeness (QED) is 0.0453. The van der Waals surface area contributed by atoms with Crippen LogP contribution in [0.4, 0.5) is 17.6 Å². The number of aromatic nitrogens is 10. The van der Waals surface area contributed by atoms with E-state index in [2.05, 4.69) is 69.8 Å². The van der Waals surface area contributed by atoms with Crippen LogP contribution in [0, 0.1) is 0 Å². The van der Waals surface area contributed by atoms with Gasteiger partial charge in [0.25, 0.3) is 11.8 Å². The second kappa shape index (κ2) is 25.5. The summed E-state index contributed by atoms with van der Waals surface area (Å²) < 4.78 is 72.4. The molecule has 2 aliphatic heterocycles. The molecular weight excluding hydrogens is 1140 g/mol. The number of ether oxygens (including phenoxy) is 3. The lowest BCUT2D eigenvalue weighted by Gasteiger charge is -2.32. The van der Waals surface area contributed by atoms with Gasteiger partial charge in [-0.1, -0.05) is 19.6 Å². The minimum atomic E-state index is -3.02. The van der Waals surface area contributed by atoms with Crippen molar-refractivity contribution in [3.8, 4) is 34.3 Å². The van der Waals surface area contributed by atoms with Gasteiger partial charge in [-0.15, -0.1) is 0 Å². The van der Waals surface area contributed by atoms with Gasteiger partial charge < -0.3 is 54.0 Å². The molecule has 0 spiro atoms. The molecule has 86 heavy (non-hydrogen) atoms. The molecule has 0 radical (unpaired) electrons. The van der Waals surface area contributed by atoms with Crippen molar-refractivity contribution in [2.75, 3.05) is 73.1 Å². The van der Waals surface area contributed by atoms with Crippen molar-refractivity contribution in [1.82, 2.24) is 79.3 Å².